The van der Waals surface area contributed by atoms with Crippen LogP contribution in [0.4, 0.5) is 11.4 Å². The van der Waals surface area contributed by atoms with Gasteiger partial charge in [-0.25, -0.2) is 8.42 Å². The van der Waals surface area contributed by atoms with Gasteiger partial charge in [0, 0.05) is 49.6 Å². The Morgan fingerprint density at radius 2 is 1.56 bits per heavy atom. The molecular formula is C31H36N4O7S. The van der Waals surface area contributed by atoms with Crippen LogP contribution in [-0.2, 0) is 28.5 Å². The van der Waals surface area contributed by atoms with Crippen molar-refractivity contribution in [3.05, 3.63) is 93.0 Å². The Hall–Kier alpha value is -4.00. The van der Waals surface area contributed by atoms with E-state index in [0.29, 0.717) is 29.3 Å². The van der Waals surface area contributed by atoms with Gasteiger partial charge >= 0.3 is 0 Å². The summed E-state index contributed by atoms with van der Waals surface area (Å²) in [5.41, 5.74) is 3.73. The molecule has 0 amide bonds. The fourth-order valence-electron chi connectivity index (χ4n) is 6.20. The Morgan fingerprint density at radius 1 is 0.953 bits per heavy atom. The number of rotatable bonds is 10. The van der Waals surface area contributed by atoms with Gasteiger partial charge < -0.3 is 14.4 Å². The smallest absolute Gasteiger partial charge is 0.269 e. The molecule has 1 fully saturated rings. The minimum absolute atomic E-state index is 0.000251. The van der Waals surface area contributed by atoms with Crippen LogP contribution in [0.2, 0.25) is 0 Å². The number of ether oxygens (including phenoxy) is 2. The van der Waals surface area contributed by atoms with E-state index in [4.69, 9.17) is 9.47 Å². The van der Waals surface area contributed by atoms with Crippen molar-refractivity contribution in [3.8, 4) is 11.5 Å². The Kier molecular flexibility index (Phi) is 8.72. The number of nitrogens with one attached hydrogen (secondary N) is 1. The number of hydrogen-bond donors (Lipinski definition) is 1. The second kappa shape index (κ2) is 12.3. The SMILES string of the molecule is COc1cc2c(cc1OC)C1(CCN(CCc3ccc(NS(C)(=O)=O)cc3)CC1)N(Cc1ccc([N+](=O)[O-])cc1)CC2=O. The van der Waals surface area contributed by atoms with E-state index in [1.54, 1.807) is 44.6 Å². The molecule has 2 aliphatic rings. The first kappa shape index (κ1) is 30.5. The number of fused-ring (bicyclic) bond motifs is 2. The predicted octanol–water partition coefficient (Wildman–Crippen LogP) is 4.22. The summed E-state index contributed by atoms with van der Waals surface area (Å²) in [4.78, 5) is 28.9. The van der Waals surface area contributed by atoms with E-state index in [0.717, 1.165) is 61.8 Å². The molecule has 0 saturated carbocycles. The third-order valence-electron chi connectivity index (χ3n) is 8.44. The van der Waals surface area contributed by atoms with Crippen molar-refractivity contribution in [1.29, 1.82) is 0 Å². The fourth-order valence-corrected chi connectivity index (χ4v) is 6.76. The highest BCUT2D eigenvalue weighted by atomic mass is 32.2. The molecule has 3 aromatic rings. The number of benzene rings is 3. The van der Waals surface area contributed by atoms with Crippen LogP contribution in [0.25, 0.3) is 0 Å². The molecule has 43 heavy (non-hydrogen) atoms. The number of nitro benzene ring substituents is 1. The standard InChI is InChI=1S/C31H36N4O7S/c1-41-29-18-26-27(19-30(29)42-2)31(34(21-28(26)36)20-23-6-10-25(11-7-23)35(37)38)13-16-33(17-14-31)15-12-22-4-8-24(9-5-22)32-43(3,39)40/h4-11,18-19,32H,12-17,20-21H2,1-3H3. The van der Waals surface area contributed by atoms with Crippen molar-refractivity contribution in [3.63, 3.8) is 0 Å². The molecular weight excluding hydrogens is 572 g/mol. The summed E-state index contributed by atoms with van der Waals surface area (Å²) in [5.74, 6) is 1.09. The topological polar surface area (TPSA) is 131 Å². The van der Waals surface area contributed by atoms with Gasteiger partial charge in [0.15, 0.2) is 17.3 Å². The summed E-state index contributed by atoms with van der Waals surface area (Å²) in [5, 5.41) is 11.2. The van der Waals surface area contributed by atoms with Gasteiger partial charge in [-0.2, -0.15) is 0 Å². The highest BCUT2D eigenvalue weighted by molar-refractivity contribution is 7.92. The first-order valence-corrected chi connectivity index (χ1v) is 16.0. The molecule has 0 unspecified atom stereocenters. The fraction of sp³-hybridized carbons (Fsp3) is 0.387. The van der Waals surface area contributed by atoms with Gasteiger partial charge in [0.2, 0.25) is 10.0 Å². The van der Waals surface area contributed by atoms with E-state index in [9.17, 15) is 23.3 Å². The molecule has 1 N–H and O–H groups in total. The quantitative estimate of drug-likeness (QED) is 0.266. The summed E-state index contributed by atoms with van der Waals surface area (Å²) in [6.45, 7) is 3.17. The number of anilines is 1. The highest BCUT2D eigenvalue weighted by Gasteiger charge is 2.47. The van der Waals surface area contributed by atoms with Crippen LogP contribution in [0.15, 0.2) is 60.7 Å². The molecule has 0 bridgehead atoms. The number of carbonyl (C=O) groups excluding carboxylic acids is 1. The van der Waals surface area contributed by atoms with Crippen LogP contribution in [0, 0.1) is 10.1 Å². The first-order chi connectivity index (χ1) is 20.5. The van der Waals surface area contributed by atoms with E-state index in [2.05, 4.69) is 14.5 Å². The lowest BCUT2D eigenvalue weighted by molar-refractivity contribution is -0.384. The number of sulfonamides is 1. The summed E-state index contributed by atoms with van der Waals surface area (Å²) >= 11 is 0. The third-order valence-corrected chi connectivity index (χ3v) is 9.05. The Labute approximate surface area is 251 Å². The molecule has 2 aliphatic heterocycles. The minimum atomic E-state index is -3.32. The molecule has 3 aromatic carbocycles. The molecule has 12 heteroatoms. The minimum Gasteiger partial charge on any atom is -0.493 e. The number of non-ortho nitro benzene ring substituents is 1. The van der Waals surface area contributed by atoms with E-state index in [1.807, 2.05) is 18.2 Å². The monoisotopic (exact) mass is 608 g/mol. The van der Waals surface area contributed by atoms with Crippen molar-refractivity contribution in [1.82, 2.24) is 9.80 Å². The summed E-state index contributed by atoms with van der Waals surface area (Å²) in [7, 11) is -0.178. The summed E-state index contributed by atoms with van der Waals surface area (Å²) in [6.07, 6.45) is 3.52. The lowest BCUT2D eigenvalue weighted by Gasteiger charge is -2.52. The number of likely N-dealkylation sites (tertiary alicyclic amines) is 1. The van der Waals surface area contributed by atoms with E-state index >= 15 is 0 Å². The van der Waals surface area contributed by atoms with E-state index < -0.39 is 20.5 Å². The van der Waals surface area contributed by atoms with Gasteiger partial charge in [-0.3, -0.25) is 24.5 Å². The van der Waals surface area contributed by atoms with E-state index in [1.165, 1.54) is 12.1 Å². The van der Waals surface area contributed by atoms with E-state index in [-0.39, 0.29) is 18.0 Å². The maximum absolute atomic E-state index is 13.5. The van der Waals surface area contributed by atoms with Crippen molar-refractivity contribution < 1.29 is 27.6 Å². The van der Waals surface area contributed by atoms with Gasteiger partial charge in [-0.1, -0.05) is 24.3 Å². The lowest BCUT2D eigenvalue weighted by atomic mass is 9.73. The summed E-state index contributed by atoms with van der Waals surface area (Å²) in [6, 6.07) is 17.7. The molecule has 1 saturated heterocycles. The normalized spacial score (nSPS) is 17.0. The number of carbonyl (C=O) groups is 1. The number of Topliss-reactive ketones (excluding diaryl/α,β-unsaturated/α-hetero) is 1. The van der Waals surface area contributed by atoms with Crippen molar-refractivity contribution in [2.24, 2.45) is 0 Å². The molecule has 11 nitrogen and oxygen atoms in total. The molecule has 1 spiro atoms. The van der Waals surface area contributed by atoms with Crippen LogP contribution >= 0.6 is 0 Å². The van der Waals surface area contributed by atoms with Crippen molar-refractivity contribution in [2.75, 3.05) is 51.4 Å². The molecule has 0 radical (unpaired) electrons. The molecule has 0 aromatic heterocycles. The molecule has 0 atom stereocenters. The predicted molar refractivity (Wildman–Crippen MR) is 163 cm³/mol. The Balaban J connectivity index is 1.37. The Bertz CT molecular complexity index is 1600. The van der Waals surface area contributed by atoms with Gasteiger partial charge in [-0.15, -0.1) is 0 Å². The maximum Gasteiger partial charge on any atom is 0.269 e. The average molecular weight is 609 g/mol. The zero-order valence-corrected chi connectivity index (χ0v) is 25.4. The number of methoxy groups -OCH3 is 2. The largest absolute Gasteiger partial charge is 0.493 e. The number of piperidine rings is 1. The highest BCUT2D eigenvalue weighted by Crippen LogP contribution is 2.47. The summed E-state index contributed by atoms with van der Waals surface area (Å²) < 4.78 is 36.6. The molecule has 2 heterocycles. The van der Waals surface area contributed by atoms with Gasteiger partial charge in [0.25, 0.3) is 5.69 Å². The van der Waals surface area contributed by atoms with Crippen LogP contribution < -0.4 is 14.2 Å². The molecule has 228 valence electrons. The van der Waals surface area contributed by atoms with Gasteiger partial charge in [0.1, 0.15) is 0 Å². The number of nitro groups is 1. The molecule has 5 rings (SSSR count). The van der Waals surface area contributed by atoms with Gasteiger partial charge in [0.05, 0.1) is 37.5 Å². The van der Waals surface area contributed by atoms with Crippen molar-refractivity contribution in [2.45, 2.75) is 31.3 Å². The zero-order chi connectivity index (χ0) is 30.8. The molecule has 0 aliphatic carbocycles. The first-order valence-electron chi connectivity index (χ1n) is 14.1. The van der Waals surface area contributed by atoms with Crippen LogP contribution in [-0.4, -0.2) is 75.6 Å². The van der Waals surface area contributed by atoms with Crippen LogP contribution in [0.3, 0.4) is 0 Å². The van der Waals surface area contributed by atoms with Crippen molar-refractivity contribution >= 4 is 27.2 Å². The maximum atomic E-state index is 13.5. The van der Waals surface area contributed by atoms with Crippen LogP contribution in [0.5, 0.6) is 11.5 Å². The number of nitrogens with zero attached hydrogens (tertiary/aromatic N) is 3. The Morgan fingerprint density at radius 3 is 2.14 bits per heavy atom. The number of hydrogen-bond acceptors (Lipinski definition) is 9. The average Bonchev–Trinajstić information content (AvgIpc) is 2.99. The van der Waals surface area contributed by atoms with Gasteiger partial charge in [-0.05, 0) is 60.2 Å². The number of ketones is 1. The second-order valence-electron chi connectivity index (χ2n) is 11.1. The lowest BCUT2D eigenvalue weighted by Crippen LogP contribution is -2.57. The zero-order valence-electron chi connectivity index (χ0n) is 24.5. The second-order valence-corrected chi connectivity index (χ2v) is 12.9. The van der Waals surface area contributed by atoms with Crippen LogP contribution in [0.1, 0.15) is 39.9 Å². The third kappa shape index (κ3) is 6.66.